The van der Waals surface area contributed by atoms with Crippen LogP contribution >= 0.6 is 0 Å². The number of anilines is 1. The molecule has 120 valence electrons. The van der Waals surface area contributed by atoms with Gasteiger partial charge in [0.15, 0.2) is 0 Å². The number of carbonyl (C=O) groups is 1. The molecular weight excluding hydrogens is 266 g/mol. The van der Waals surface area contributed by atoms with Crippen LogP contribution < -0.4 is 11.1 Å². The predicted molar refractivity (Wildman–Crippen MR) is 86.1 cm³/mol. The Kier molecular flexibility index (Phi) is 6.20. The molecule has 1 rings (SSSR count). The van der Waals surface area contributed by atoms with E-state index in [2.05, 4.69) is 43.0 Å². The quantitative estimate of drug-likeness (QED) is 0.795. The van der Waals surface area contributed by atoms with E-state index < -0.39 is 0 Å². The smallest absolute Gasteiger partial charge is 0.241 e. The Morgan fingerprint density at radius 2 is 1.86 bits per heavy atom. The molecule has 0 unspecified atom stereocenters. The fourth-order valence-electron chi connectivity index (χ4n) is 2.49. The zero-order valence-corrected chi connectivity index (χ0v) is 14.1. The molecule has 0 saturated heterocycles. The van der Waals surface area contributed by atoms with Crippen molar-refractivity contribution in [2.24, 2.45) is 0 Å². The highest BCUT2D eigenvalue weighted by molar-refractivity contribution is 5.75. The molecule has 0 atom stereocenters. The van der Waals surface area contributed by atoms with Gasteiger partial charge in [-0.05, 0) is 41.5 Å². The molecule has 0 radical (unpaired) electrons. The molecule has 1 heterocycles. The summed E-state index contributed by atoms with van der Waals surface area (Å²) in [6, 6.07) is 0.940. The van der Waals surface area contributed by atoms with Crippen molar-refractivity contribution < 1.29 is 4.79 Å². The second kappa shape index (κ2) is 7.45. The Hall–Kier alpha value is -1.56. The number of amides is 1. The topological polar surface area (TPSA) is 76.2 Å². The molecule has 1 amide bonds. The number of rotatable bonds is 7. The molecule has 0 aliphatic carbocycles. The number of hydrogen-bond donors (Lipinski definition) is 2. The van der Waals surface area contributed by atoms with Crippen molar-refractivity contribution in [2.45, 2.75) is 60.2 Å². The van der Waals surface area contributed by atoms with Gasteiger partial charge in [0, 0.05) is 25.2 Å². The third-order valence-corrected chi connectivity index (χ3v) is 3.75. The van der Waals surface area contributed by atoms with Crippen molar-refractivity contribution in [3.63, 3.8) is 0 Å². The van der Waals surface area contributed by atoms with Gasteiger partial charge in [0.25, 0.3) is 0 Å². The van der Waals surface area contributed by atoms with E-state index in [1.807, 2.05) is 13.8 Å². The average molecular weight is 295 g/mol. The van der Waals surface area contributed by atoms with E-state index in [0.717, 1.165) is 17.9 Å². The zero-order valence-electron chi connectivity index (χ0n) is 14.1. The van der Waals surface area contributed by atoms with Crippen molar-refractivity contribution >= 4 is 11.6 Å². The normalized spacial score (nSPS) is 11.7. The Morgan fingerprint density at radius 1 is 1.29 bits per heavy atom. The van der Waals surface area contributed by atoms with Crippen molar-refractivity contribution in [3.8, 4) is 0 Å². The van der Waals surface area contributed by atoms with Crippen molar-refractivity contribution in [3.05, 3.63) is 11.4 Å². The van der Waals surface area contributed by atoms with E-state index in [1.54, 1.807) is 4.68 Å². The van der Waals surface area contributed by atoms with Crippen molar-refractivity contribution in [2.75, 3.05) is 18.8 Å². The molecule has 0 aliphatic heterocycles. The Balaban J connectivity index is 2.46. The highest BCUT2D eigenvalue weighted by Crippen LogP contribution is 2.14. The third-order valence-electron chi connectivity index (χ3n) is 3.75. The molecule has 0 fully saturated rings. The minimum atomic E-state index is -0.0342. The van der Waals surface area contributed by atoms with E-state index in [0.29, 0.717) is 24.3 Å². The molecule has 0 aromatic carbocycles. The number of nitrogens with zero attached hydrogens (tertiary/aromatic N) is 3. The van der Waals surface area contributed by atoms with Gasteiger partial charge in [-0.2, -0.15) is 5.10 Å². The van der Waals surface area contributed by atoms with Gasteiger partial charge in [-0.3, -0.25) is 14.4 Å². The summed E-state index contributed by atoms with van der Waals surface area (Å²) in [7, 11) is 0. The number of aromatic nitrogens is 2. The van der Waals surface area contributed by atoms with Crippen LogP contribution in [0.4, 0.5) is 5.69 Å². The largest absolute Gasteiger partial charge is 0.396 e. The summed E-state index contributed by atoms with van der Waals surface area (Å²) in [5, 5.41) is 7.21. The molecule has 21 heavy (non-hydrogen) atoms. The van der Waals surface area contributed by atoms with Crippen molar-refractivity contribution in [1.29, 1.82) is 0 Å². The summed E-state index contributed by atoms with van der Waals surface area (Å²) >= 11 is 0. The minimum Gasteiger partial charge on any atom is -0.396 e. The van der Waals surface area contributed by atoms with Gasteiger partial charge in [-0.1, -0.05) is 0 Å². The SMILES string of the molecule is Cc1nn(CC(=O)NCCN(C(C)C)C(C)C)c(C)c1N. The van der Waals surface area contributed by atoms with Crippen LogP contribution in [-0.2, 0) is 11.3 Å². The molecule has 6 heteroatoms. The number of nitrogens with two attached hydrogens (primary N) is 1. The standard InChI is InChI=1S/C15H29N5O/c1-10(2)19(11(3)4)8-7-17-14(21)9-20-13(6)15(16)12(5)18-20/h10-11H,7-9,16H2,1-6H3,(H,17,21). The van der Waals surface area contributed by atoms with Crippen molar-refractivity contribution in [1.82, 2.24) is 20.0 Å². The van der Waals surface area contributed by atoms with Gasteiger partial charge in [-0.15, -0.1) is 0 Å². The monoisotopic (exact) mass is 295 g/mol. The van der Waals surface area contributed by atoms with Gasteiger partial charge in [0.2, 0.25) is 5.91 Å². The minimum absolute atomic E-state index is 0.0342. The highest BCUT2D eigenvalue weighted by Gasteiger charge is 2.14. The molecule has 1 aromatic rings. The first-order chi connectivity index (χ1) is 9.73. The van der Waals surface area contributed by atoms with Crippen LogP contribution in [0.15, 0.2) is 0 Å². The fourth-order valence-corrected chi connectivity index (χ4v) is 2.49. The Morgan fingerprint density at radius 3 is 2.29 bits per heavy atom. The molecule has 0 saturated carbocycles. The molecular formula is C15H29N5O. The highest BCUT2D eigenvalue weighted by atomic mass is 16.2. The fraction of sp³-hybridized carbons (Fsp3) is 0.733. The summed E-state index contributed by atoms with van der Waals surface area (Å²) in [5.41, 5.74) is 8.13. The summed E-state index contributed by atoms with van der Waals surface area (Å²) in [5.74, 6) is -0.0342. The molecule has 0 bridgehead atoms. The first-order valence-electron chi connectivity index (χ1n) is 7.56. The molecule has 3 N–H and O–H groups in total. The van der Waals surface area contributed by atoms with Crippen LogP contribution in [0.1, 0.15) is 39.1 Å². The van der Waals surface area contributed by atoms with E-state index in [4.69, 9.17) is 5.73 Å². The van der Waals surface area contributed by atoms with Gasteiger partial charge in [-0.25, -0.2) is 0 Å². The van der Waals surface area contributed by atoms with Gasteiger partial charge < -0.3 is 11.1 Å². The zero-order chi connectivity index (χ0) is 16.2. The van der Waals surface area contributed by atoms with Crippen LogP contribution in [0.25, 0.3) is 0 Å². The van der Waals surface area contributed by atoms with E-state index in [9.17, 15) is 4.79 Å². The summed E-state index contributed by atoms with van der Waals surface area (Å²) in [4.78, 5) is 14.3. The number of carbonyl (C=O) groups excluding carboxylic acids is 1. The van der Waals surface area contributed by atoms with E-state index in [1.165, 1.54) is 0 Å². The molecule has 6 nitrogen and oxygen atoms in total. The predicted octanol–water partition coefficient (Wildman–Crippen LogP) is 1.32. The second-order valence-corrected chi connectivity index (χ2v) is 6.02. The maximum absolute atomic E-state index is 12.0. The molecule has 0 aliphatic rings. The lowest BCUT2D eigenvalue weighted by atomic mass is 10.2. The van der Waals surface area contributed by atoms with Crippen LogP contribution in [0.5, 0.6) is 0 Å². The van der Waals surface area contributed by atoms with Crippen LogP contribution in [0, 0.1) is 13.8 Å². The Bertz CT molecular complexity index is 471. The molecule has 1 aromatic heterocycles. The maximum atomic E-state index is 12.0. The second-order valence-electron chi connectivity index (χ2n) is 6.02. The lowest BCUT2D eigenvalue weighted by Crippen LogP contribution is -2.43. The van der Waals surface area contributed by atoms with E-state index in [-0.39, 0.29) is 12.5 Å². The first kappa shape index (κ1) is 17.5. The summed E-state index contributed by atoms with van der Waals surface area (Å²) < 4.78 is 1.66. The Labute approximate surface area is 127 Å². The summed E-state index contributed by atoms with van der Waals surface area (Å²) in [6.07, 6.45) is 0. The lowest BCUT2D eigenvalue weighted by Gasteiger charge is -2.30. The number of aryl methyl sites for hydroxylation is 1. The van der Waals surface area contributed by atoms with Crippen LogP contribution in [-0.4, -0.2) is 45.8 Å². The van der Waals surface area contributed by atoms with Gasteiger partial charge in [0.1, 0.15) is 6.54 Å². The van der Waals surface area contributed by atoms with Crippen LogP contribution in [0.2, 0.25) is 0 Å². The number of nitrogen functional groups attached to an aromatic ring is 1. The number of hydrogen-bond acceptors (Lipinski definition) is 4. The van der Waals surface area contributed by atoms with E-state index >= 15 is 0 Å². The van der Waals surface area contributed by atoms with Crippen LogP contribution in [0.3, 0.4) is 0 Å². The number of nitrogens with one attached hydrogen (secondary N) is 1. The van der Waals surface area contributed by atoms with Gasteiger partial charge in [0.05, 0.1) is 17.1 Å². The third kappa shape index (κ3) is 4.74. The average Bonchev–Trinajstić information content (AvgIpc) is 2.61. The first-order valence-corrected chi connectivity index (χ1v) is 7.56. The maximum Gasteiger partial charge on any atom is 0.241 e. The lowest BCUT2D eigenvalue weighted by molar-refractivity contribution is -0.122. The molecule has 0 spiro atoms. The summed E-state index contributed by atoms with van der Waals surface area (Å²) in [6.45, 7) is 14.1. The van der Waals surface area contributed by atoms with Gasteiger partial charge >= 0.3 is 0 Å².